The van der Waals surface area contributed by atoms with Crippen LogP contribution in [0.4, 0.5) is 0 Å². The Morgan fingerprint density at radius 2 is 1.59 bits per heavy atom. The maximum absolute atomic E-state index is 5.77. The van der Waals surface area contributed by atoms with Gasteiger partial charge in [-0.2, -0.15) is 30.3 Å². The van der Waals surface area contributed by atoms with E-state index in [0.717, 1.165) is 16.3 Å². The Bertz CT molecular complexity index is 419. The monoisotopic (exact) mass is 320 g/mol. The fourth-order valence-corrected chi connectivity index (χ4v) is 1.34. The van der Waals surface area contributed by atoms with Crippen molar-refractivity contribution < 1.29 is 21.7 Å². The molecule has 0 bridgehead atoms. The summed E-state index contributed by atoms with van der Waals surface area (Å²) in [5, 5.41) is 0.719. The smallest absolute Gasteiger partial charge is 1.00 e. The van der Waals surface area contributed by atoms with E-state index in [9.17, 15) is 0 Å². The van der Waals surface area contributed by atoms with Gasteiger partial charge < -0.3 is 21.7 Å². The van der Waals surface area contributed by atoms with Crippen LogP contribution in [-0.2, 0) is 6.61 Å². The van der Waals surface area contributed by atoms with Crippen molar-refractivity contribution in [2.45, 2.75) is 6.61 Å². The Labute approximate surface area is 133 Å². The van der Waals surface area contributed by atoms with Crippen molar-refractivity contribution in [2.24, 2.45) is 0 Å². The molecule has 2 aromatic carbocycles. The minimum absolute atomic E-state index is 0. The fourth-order valence-electron chi connectivity index (χ4n) is 1.22. The van der Waals surface area contributed by atoms with Gasteiger partial charge in [0.25, 0.3) is 0 Å². The number of ether oxygens (including phenoxy) is 1. The third-order valence-electron chi connectivity index (χ3n) is 2.01. The first kappa shape index (κ1) is 16.8. The van der Waals surface area contributed by atoms with Crippen LogP contribution in [0.15, 0.2) is 48.5 Å². The van der Waals surface area contributed by atoms with Crippen LogP contribution in [0, 0.1) is 6.07 Å². The average molecular weight is 322 g/mol. The SMILES string of the molecule is Clc1ccc(OCc2cc[c-]cc2)cc1.[Br-].[Mg+2]. The Morgan fingerprint density at radius 1 is 1.00 bits per heavy atom. The van der Waals surface area contributed by atoms with Gasteiger partial charge in [0.15, 0.2) is 0 Å². The Morgan fingerprint density at radius 3 is 2.18 bits per heavy atom. The largest absolute Gasteiger partial charge is 2.00 e. The number of rotatable bonds is 3. The zero-order valence-corrected chi connectivity index (χ0v) is 13.0. The van der Waals surface area contributed by atoms with Crippen LogP contribution in [0.25, 0.3) is 0 Å². The summed E-state index contributed by atoms with van der Waals surface area (Å²) in [7, 11) is 0. The maximum Gasteiger partial charge on any atom is 2.00 e. The first-order valence-electron chi connectivity index (χ1n) is 4.68. The molecule has 0 fully saturated rings. The first-order valence-corrected chi connectivity index (χ1v) is 5.06. The minimum atomic E-state index is 0. The van der Waals surface area contributed by atoms with Crippen LogP contribution in [0.1, 0.15) is 5.56 Å². The first-order chi connectivity index (χ1) is 7.34. The van der Waals surface area contributed by atoms with E-state index in [1.165, 1.54) is 0 Å². The van der Waals surface area contributed by atoms with Crippen molar-refractivity contribution in [3.63, 3.8) is 0 Å². The minimum Gasteiger partial charge on any atom is -1.00 e. The third kappa shape index (κ3) is 5.77. The summed E-state index contributed by atoms with van der Waals surface area (Å²) < 4.78 is 5.57. The molecule has 0 atom stereocenters. The normalized spacial score (nSPS) is 8.76. The van der Waals surface area contributed by atoms with E-state index in [2.05, 4.69) is 6.07 Å². The zero-order valence-electron chi connectivity index (χ0n) is 9.20. The molecule has 2 rings (SSSR count). The molecule has 84 valence electrons. The third-order valence-corrected chi connectivity index (χ3v) is 2.26. The van der Waals surface area contributed by atoms with Crippen molar-refractivity contribution in [3.05, 3.63) is 65.2 Å². The number of hydrogen-bond donors (Lipinski definition) is 0. The molecule has 4 heteroatoms. The molecule has 0 heterocycles. The molecule has 0 aliphatic rings. The second kappa shape index (κ2) is 8.81. The quantitative estimate of drug-likeness (QED) is 0.585. The predicted octanol–water partition coefficient (Wildman–Crippen LogP) is 0.342. The molecular weight excluding hydrogens is 312 g/mol. The molecule has 1 nitrogen and oxygen atoms in total. The van der Waals surface area contributed by atoms with E-state index in [-0.39, 0.29) is 40.0 Å². The number of benzene rings is 2. The summed E-state index contributed by atoms with van der Waals surface area (Å²) >= 11 is 5.77. The molecule has 17 heavy (non-hydrogen) atoms. The van der Waals surface area contributed by atoms with E-state index in [0.29, 0.717) is 6.61 Å². The molecular formula is C13H10BrClMgO. The van der Waals surface area contributed by atoms with Gasteiger partial charge >= 0.3 is 23.1 Å². The van der Waals surface area contributed by atoms with E-state index in [1.54, 1.807) is 0 Å². The van der Waals surface area contributed by atoms with Gasteiger partial charge in [0, 0.05) is 5.02 Å². The van der Waals surface area contributed by atoms with Gasteiger partial charge in [0.05, 0.1) is 6.61 Å². The van der Waals surface area contributed by atoms with Gasteiger partial charge in [-0.1, -0.05) is 11.6 Å². The van der Waals surface area contributed by atoms with Crippen molar-refractivity contribution in [2.75, 3.05) is 0 Å². The summed E-state index contributed by atoms with van der Waals surface area (Å²) in [6, 6.07) is 18.0. The molecule has 0 saturated carbocycles. The Kier molecular flexibility index (Phi) is 8.69. The molecule has 0 aliphatic carbocycles. The van der Waals surface area contributed by atoms with Crippen LogP contribution in [0.3, 0.4) is 0 Å². The Balaban J connectivity index is 0.00000128. The van der Waals surface area contributed by atoms with Gasteiger partial charge in [0.2, 0.25) is 0 Å². The summed E-state index contributed by atoms with van der Waals surface area (Å²) in [4.78, 5) is 0. The van der Waals surface area contributed by atoms with Crippen LogP contribution in [-0.4, -0.2) is 23.1 Å². The van der Waals surface area contributed by atoms with E-state index >= 15 is 0 Å². The molecule has 0 aromatic heterocycles. The zero-order chi connectivity index (χ0) is 10.5. The summed E-state index contributed by atoms with van der Waals surface area (Å²) in [5.41, 5.74) is 1.13. The standard InChI is InChI=1S/C13H10ClO.BrH.Mg/c14-12-6-8-13(9-7-12)15-10-11-4-2-1-3-5-11;;/h2-9H,10H2;1H;/q-1;;+2/p-1. The molecule has 0 N–H and O–H groups in total. The van der Waals surface area contributed by atoms with Crippen LogP contribution in [0.2, 0.25) is 5.02 Å². The molecule has 0 aliphatic heterocycles. The second-order valence-corrected chi connectivity index (χ2v) is 3.59. The predicted molar refractivity (Wildman–Crippen MR) is 66.8 cm³/mol. The molecule has 0 spiro atoms. The van der Waals surface area contributed by atoms with E-state index < -0.39 is 0 Å². The van der Waals surface area contributed by atoms with Crippen molar-refractivity contribution >= 4 is 34.7 Å². The summed E-state index contributed by atoms with van der Waals surface area (Å²) in [5.74, 6) is 0.826. The molecule has 0 unspecified atom stereocenters. The van der Waals surface area contributed by atoms with Crippen LogP contribution in [0.5, 0.6) is 5.75 Å². The van der Waals surface area contributed by atoms with E-state index in [1.807, 2.05) is 48.5 Å². The molecule has 0 amide bonds. The Hall–Kier alpha value is -0.224. The van der Waals surface area contributed by atoms with Gasteiger partial charge in [-0.05, 0) is 24.3 Å². The summed E-state index contributed by atoms with van der Waals surface area (Å²) in [6.45, 7) is 0.566. The van der Waals surface area contributed by atoms with Crippen molar-refractivity contribution in [3.8, 4) is 5.75 Å². The molecule has 0 saturated heterocycles. The van der Waals surface area contributed by atoms with Crippen LogP contribution < -0.4 is 21.7 Å². The average Bonchev–Trinajstić information content (AvgIpc) is 2.30. The second-order valence-electron chi connectivity index (χ2n) is 3.15. The summed E-state index contributed by atoms with van der Waals surface area (Å²) in [6.07, 6.45) is 0. The van der Waals surface area contributed by atoms with Gasteiger partial charge in [-0.15, -0.1) is 5.56 Å². The topological polar surface area (TPSA) is 9.23 Å². The van der Waals surface area contributed by atoms with Gasteiger partial charge in [0.1, 0.15) is 5.75 Å². The molecule has 0 radical (unpaired) electrons. The van der Waals surface area contributed by atoms with Gasteiger partial charge in [-0.3, -0.25) is 0 Å². The van der Waals surface area contributed by atoms with Crippen LogP contribution >= 0.6 is 11.6 Å². The van der Waals surface area contributed by atoms with E-state index in [4.69, 9.17) is 16.3 Å². The number of hydrogen-bond acceptors (Lipinski definition) is 1. The van der Waals surface area contributed by atoms with Crippen molar-refractivity contribution in [1.82, 2.24) is 0 Å². The maximum atomic E-state index is 5.77. The fraction of sp³-hybridized carbons (Fsp3) is 0.0769. The van der Waals surface area contributed by atoms with Crippen molar-refractivity contribution in [1.29, 1.82) is 0 Å². The number of halogens is 2. The molecule has 2 aromatic rings. The van der Waals surface area contributed by atoms with Gasteiger partial charge in [-0.25, -0.2) is 0 Å².